The standard InChI is InChI=1S/C9H11OPS3/c12-11(13-7-4-8-14-11)10-9-5-2-1-3-6-9/h1-3,5-6H,4,7-8H2. The molecule has 0 aromatic heterocycles. The first-order valence-electron chi connectivity index (χ1n) is 4.42. The minimum Gasteiger partial charge on any atom is -0.448 e. The lowest BCUT2D eigenvalue weighted by atomic mass is 10.3. The van der Waals surface area contributed by atoms with Gasteiger partial charge in [-0.3, -0.25) is 0 Å². The number of benzene rings is 1. The Morgan fingerprint density at radius 3 is 2.43 bits per heavy atom. The van der Waals surface area contributed by atoms with Gasteiger partial charge in [-0.15, -0.1) is 0 Å². The normalized spacial score (nSPS) is 20.3. The molecule has 0 atom stereocenters. The molecule has 1 aromatic carbocycles. The SMILES string of the molecule is S=P1(Oc2ccccc2)SCCCS1. The monoisotopic (exact) mass is 262 g/mol. The van der Waals surface area contributed by atoms with Crippen LogP contribution >= 0.6 is 27.4 Å². The van der Waals surface area contributed by atoms with E-state index in [9.17, 15) is 0 Å². The molecule has 1 nitrogen and oxygen atoms in total. The van der Waals surface area contributed by atoms with Gasteiger partial charge in [-0.1, -0.05) is 41.0 Å². The fourth-order valence-corrected chi connectivity index (χ4v) is 9.63. The van der Waals surface area contributed by atoms with Crippen LogP contribution < -0.4 is 4.52 Å². The highest BCUT2D eigenvalue weighted by atomic mass is 33.2. The van der Waals surface area contributed by atoms with E-state index in [1.165, 1.54) is 6.42 Å². The molecule has 0 radical (unpaired) electrons. The van der Waals surface area contributed by atoms with Crippen LogP contribution in [-0.4, -0.2) is 11.5 Å². The minimum atomic E-state index is -1.67. The Balaban J connectivity index is 2.06. The van der Waals surface area contributed by atoms with Crippen LogP contribution in [0, 0.1) is 0 Å². The maximum Gasteiger partial charge on any atom is 0.222 e. The summed E-state index contributed by atoms with van der Waals surface area (Å²) in [6, 6.07) is 9.91. The van der Waals surface area contributed by atoms with Crippen LogP contribution in [0.15, 0.2) is 30.3 Å². The van der Waals surface area contributed by atoms with Crippen molar-refractivity contribution in [3.05, 3.63) is 30.3 Å². The van der Waals surface area contributed by atoms with E-state index in [4.69, 9.17) is 16.3 Å². The van der Waals surface area contributed by atoms with Crippen molar-refractivity contribution < 1.29 is 4.52 Å². The van der Waals surface area contributed by atoms with Gasteiger partial charge in [0, 0.05) is 11.5 Å². The van der Waals surface area contributed by atoms with Crippen molar-refractivity contribution in [2.45, 2.75) is 6.42 Å². The third-order valence-corrected chi connectivity index (χ3v) is 11.2. The number of para-hydroxylation sites is 1. The van der Waals surface area contributed by atoms with Gasteiger partial charge in [-0.2, -0.15) is 0 Å². The molecule has 0 amide bonds. The molecule has 5 heteroatoms. The predicted octanol–water partition coefficient (Wildman–Crippen LogP) is 4.16. The predicted molar refractivity (Wildman–Crippen MR) is 70.9 cm³/mol. The summed E-state index contributed by atoms with van der Waals surface area (Å²) in [4.78, 5) is 0. The first-order valence-corrected chi connectivity index (χ1v) is 10.3. The van der Waals surface area contributed by atoms with Crippen molar-refractivity contribution in [2.24, 2.45) is 0 Å². The Labute approximate surface area is 97.6 Å². The van der Waals surface area contributed by atoms with Gasteiger partial charge in [0.05, 0.1) is 0 Å². The summed E-state index contributed by atoms with van der Waals surface area (Å²) in [7, 11) is 0. The maximum atomic E-state index is 5.89. The molecule has 1 heterocycles. The average Bonchev–Trinajstić information content (AvgIpc) is 2.19. The molecule has 1 fully saturated rings. The van der Waals surface area contributed by atoms with Crippen molar-refractivity contribution >= 4 is 39.2 Å². The summed E-state index contributed by atoms with van der Waals surface area (Å²) in [5.74, 6) is 3.21. The van der Waals surface area contributed by atoms with Crippen LogP contribution in [0.4, 0.5) is 0 Å². The molecule has 1 aromatic rings. The second-order valence-corrected chi connectivity index (χ2v) is 13.5. The molecule has 76 valence electrons. The smallest absolute Gasteiger partial charge is 0.222 e. The summed E-state index contributed by atoms with van der Waals surface area (Å²) in [6.45, 7) is 0. The zero-order valence-corrected chi connectivity index (χ0v) is 10.9. The third-order valence-electron chi connectivity index (χ3n) is 1.75. The molecule has 0 unspecified atom stereocenters. The molecule has 1 aliphatic rings. The molecule has 0 spiro atoms. The fraction of sp³-hybridized carbons (Fsp3) is 0.333. The largest absolute Gasteiger partial charge is 0.448 e. The summed E-state index contributed by atoms with van der Waals surface area (Å²) in [6.07, 6.45) is 1.26. The second kappa shape index (κ2) is 4.93. The molecule has 1 saturated heterocycles. The number of rotatable bonds is 2. The van der Waals surface area contributed by atoms with Gasteiger partial charge >= 0.3 is 0 Å². The number of hydrogen-bond donors (Lipinski definition) is 0. The van der Waals surface area contributed by atoms with E-state index in [1.807, 2.05) is 53.1 Å². The van der Waals surface area contributed by atoms with Gasteiger partial charge in [-0.05, 0) is 30.4 Å². The molecule has 0 N–H and O–H groups in total. The zero-order valence-electron chi connectivity index (χ0n) is 7.59. The Kier molecular flexibility index (Phi) is 3.83. The number of hydrogen-bond acceptors (Lipinski definition) is 4. The summed E-state index contributed by atoms with van der Waals surface area (Å²) >= 11 is 9.20. The van der Waals surface area contributed by atoms with Gasteiger partial charge in [0.2, 0.25) is 4.67 Å². The van der Waals surface area contributed by atoms with E-state index < -0.39 is 4.67 Å². The van der Waals surface area contributed by atoms with Crippen molar-refractivity contribution in [3.63, 3.8) is 0 Å². The molecule has 14 heavy (non-hydrogen) atoms. The van der Waals surface area contributed by atoms with Crippen LogP contribution in [-0.2, 0) is 11.8 Å². The Bertz CT molecular complexity index is 331. The highest BCUT2D eigenvalue weighted by Gasteiger charge is 2.24. The van der Waals surface area contributed by atoms with Crippen LogP contribution in [0.3, 0.4) is 0 Å². The molecule has 0 bridgehead atoms. The Hall–Kier alpha value is 0.370. The Morgan fingerprint density at radius 2 is 1.79 bits per heavy atom. The average molecular weight is 262 g/mol. The van der Waals surface area contributed by atoms with Crippen molar-refractivity contribution in [3.8, 4) is 5.75 Å². The first-order chi connectivity index (χ1) is 6.79. The Morgan fingerprint density at radius 1 is 1.14 bits per heavy atom. The zero-order chi connectivity index (χ0) is 9.86. The molecule has 0 saturated carbocycles. The van der Waals surface area contributed by atoms with Crippen molar-refractivity contribution in [1.29, 1.82) is 0 Å². The van der Waals surface area contributed by atoms with Crippen molar-refractivity contribution in [1.82, 2.24) is 0 Å². The quantitative estimate of drug-likeness (QED) is 0.740. The van der Waals surface area contributed by atoms with Gasteiger partial charge in [0.25, 0.3) is 0 Å². The second-order valence-electron chi connectivity index (χ2n) is 2.87. The van der Waals surface area contributed by atoms with Crippen LogP contribution in [0.1, 0.15) is 6.42 Å². The topological polar surface area (TPSA) is 9.23 Å². The van der Waals surface area contributed by atoms with E-state index in [0.29, 0.717) is 0 Å². The molecule has 0 aliphatic carbocycles. The third kappa shape index (κ3) is 2.93. The van der Waals surface area contributed by atoms with Gasteiger partial charge in [0.1, 0.15) is 5.75 Å². The van der Waals surface area contributed by atoms with Gasteiger partial charge in [-0.25, -0.2) is 0 Å². The van der Waals surface area contributed by atoms with E-state index in [1.54, 1.807) is 0 Å². The molecule has 2 rings (SSSR count). The molecule has 1 aliphatic heterocycles. The lowest BCUT2D eigenvalue weighted by molar-refractivity contribution is 0.637. The minimum absolute atomic E-state index is 0.915. The van der Waals surface area contributed by atoms with Crippen molar-refractivity contribution in [2.75, 3.05) is 11.5 Å². The highest BCUT2D eigenvalue weighted by Crippen LogP contribution is 2.71. The first kappa shape index (κ1) is 10.9. The summed E-state index contributed by atoms with van der Waals surface area (Å²) < 4.78 is 4.23. The van der Waals surface area contributed by atoms with Crippen LogP contribution in [0.5, 0.6) is 5.75 Å². The van der Waals surface area contributed by atoms with Gasteiger partial charge in [0.15, 0.2) is 0 Å². The van der Waals surface area contributed by atoms with E-state index in [2.05, 4.69) is 0 Å². The fourth-order valence-electron chi connectivity index (χ4n) is 1.11. The van der Waals surface area contributed by atoms with E-state index in [0.717, 1.165) is 17.3 Å². The van der Waals surface area contributed by atoms with E-state index >= 15 is 0 Å². The highest BCUT2D eigenvalue weighted by molar-refractivity contribution is 8.99. The van der Waals surface area contributed by atoms with Crippen LogP contribution in [0.25, 0.3) is 0 Å². The van der Waals surface area contributed by atoms with E-state index in [-0.39, 0.29) is 0 Å². The lowest BCUT2D eigenvalue weighted by Crippen LogP contribution is -1.95. The summed E-state index contributed by atoms with van der Waals surface area (Å²) in [5, 5.41) is 0. The molecular formula is C9H11OPS3. The van der Waals surface area contributed by atoms with Crippen LogP contribution in [0.2, 0.25) is 0 Å². The maximum absolute atomic E-state index is 5.89. The molecular weight excluding hydrogens is 251 g/mol. The van der Waals surface area contributed by atoms with Gasteiger partial charge < -0.3 is 4.52 Å². The summed E-state index contributed by atoms with van der Waals surface area (Å²) in [5.41, 5.74) is 0. The lowest BCUT2D eigenvalue weighted by Gasteiger charge is -2.25.